The van der Waals surface area contributed by atoms with E-state index in [1.54, 1.807) is 37.6 Å². The molecule has 29 heavy (non-hydrogen) atoms. The third-order valence-electron chi connectivity index (χ3n) is 5.09. The Hall–Kier alpha value is -3.51. The van der Waals surface area contributed by atoms with Gasteiger partial charge in [-0.1, -0.05) is 18.2 Å². The molecule has 2 aromatic carbocycles. The van der Waals surface area contributed by atoms with E-state index < -0.39 is 0 Å². The molecule has 146 valence electrons. The van der Waals surface area contributed by atoms with E-state index in [2.05, 4.69) is 4.90 Å². The molecule has 0 N–H and O–H groups in total. The van der Waals surface area contributed by atoms with E-state index >= 15 is 0 Å². The van der Waals surface area contributed by atoms with Crippen molar-refractivity contribution >= 4 is 11.9 Å². The number of ketones is 1. The second-order valence-corrected chi connectivity index (χ2v) is 6.95. The number of para-hydroxylation sites is 1. The summed E-state index contributed by atoms with van der Waals surface area (Å²) in [5.41, 5.74) is 2.49. The molecule has 0 radical (unpaired) electrons. The summed E-state index contributed by atoms with van der Waals surface area (Å²) in [6.45, 7) is 1.72. The van der Waals surface area contributed by atoms with Crippen molar-refractivity contribution in [1.82, 2.24) is 4.90 Å². The Labute approximate surface area is 167 Å². The minimum atomic E-state index is -0.152. The molecule has 6 heteroatoms. The first kappa shape index (κ1) is 17.6. The van der Waals surface area contributed by atoms with Crippen molar-refractivity contribution in [3.05, 3.63) is 83.0 Å². The summed E-state index contributed by atoms with van der Waals surface area (Å²) >= 11 is 0. The molecular formula is C23H19NO5. The summed E-state index contributed by atoms with van der Waals surface area (Å²) in [5, 5.41) is 0. The predicted molar refractivity (Wildman–Crippen MR) is 106 cm³/mol. The molecule has 6 nitrogen and oxygen atoms in total. The highest BCUT2D eigenvalue weighted by Crippen LogP contribution is 2.42. The molecule has 1 aromatic heterocycles. The van der Waals surface area contributed by atoms with Crippen LogP contribution in [0.25, 0.3) is 6.08 Å². The Kier molecular flexibility index (Phi) is 4.33. The summed E-state index contributed by atoms with van der Waals surface area (Å²) in [5.74, 6) is 2.82. The van der Waals surface area contributed by atoms with Gasteiger partial charge in [0.25, 0.3) is 0 Å². The Morgan fingerprint density at radius 3 is 2.86 bits per heavy atom. The molecule has 0 aliphatic carbocycles. The number of benzene rings is 2. The first-order valence-electron chi connectivity index (χ1n) is 9.33. The lowest BCUT2D eigenvalue weighted by atomic mass is 10.0. The lowest BCUT2D eigenvalue weighted by molar-refractivity contribution is 0.0865. The third kappa shape index (κ3) is 3.17. The van der Waals surface area contributed by atoms with E-state index in [4.69, 9.17) is 18.6 Å². The van der Waals surface area contributed by atoms with Crippen LogP contribution >= 0.6 is 0 Å². The van der Waals surface area contributed by atoms with Crippen molar-refractivity contribution in [1.29, 1.82) is 0 Å². The maximum absolute atomic E-state index is 12.8. The zero-order chi connectivity index (χ0) is 19.8. The molecule has 0 amide bonds. The summed E-state index contributed by atoms with van der Waals surface area (Å²) in [7, 11) is 1.67. The maximum Gasteiger partial charge on any atom is 0.232 e. The Bertz CT molecular complexity index is 1100. The third-order valence-corrected chi connectivity index (χ3v) is 5.09. The van der Waals surface area contributed by atoms with Gasteiger partial charge in [-0.25, -0.2) is 0 Å². The van der Waals surface area contributed by atoms with E-state index in [9.17, 15) is 4.79 Å². The average molecular weight is 389 g/mol. The van der Waals surface area contributed by atoms with E-state index in [0.717, 1.165) is 22.6 Å². The van der Waals surface area contributed by atoms with Crippen LogP contribution in [0.3, 0.4) is 0 Å². The van der Waals surface area contributed by atoms with Gasteiger partial charge in [-0.2, -0.15) is 0 Å². The van der Waals surface area contributed by atoms with Gasteiger partial charge >= 0.3 is 0 Å². The molecule has 2 aliphatic rings. The van der Waals surface area contributed by atoms with Crippen molar-refractivity contribution < 1.29 is 23.4 Å². The first-order chi connectivity index (χ1) is 14.2. The van der Waals surface area contributed by atoms with Crippen LogP contribution in [0, 0.1) is 0 Å². The van der Waals surface area contributed by atoms with Crippen LogP contribution in [0.2, 0.25) is 0 Å². The molecule has 0 bridgehead atoms. The highest BCUT2D eigenvalue weighted by atomic mass is 16.5. The molecule has 2 aliphatic heterocycles. The fraction of sp³-hybridized carbons (Fsp3) is 0.174. The van der Waals surface area contributed by atoms with Gasteiger partial charge < -0.3 is 18.6 Å². The number of carbonyl (C=O) groups excluding carboxylic acids is 1. The van der Waals surface area contributed by atoms with E-state index in [1.165, 1.54) is 0 Å². The van der Waals surface area contributed by atoms with Crippen LogP contribution in [-0.4, -0.2) is 24.5 Å². The largest absolute Gasteiger partial charge is 0.496 e. The van der Waals surface area contributed by atoms with Crippen LogP contribution in [0.15, 0.2) is 65.0 Å². The second-order valence-electron chi connectivity index (χ2n) is 6.95. The van der Waals surface area contributed by atoms with E-state index in [1.807, 2.05) is 30.3 Å². The SMILES string of the molecule is COc1ccccc1CN1COc2ccc3c(c2C1)O/C(=C\c1ccco1)C3=O. The van der Waals surface area contributed by atoms with Gasteiger partial charge in [0.2, 0.25) is 5.78 Å². The number of hydrogen-bond acceptors (Lipinski definition) is 6. The normalized spacial score (nSPS) is 16.9. The average Bonchev–Trinajstić information content (AvgIpc) is 3.37. The minimum absolute atomic E-state index is 0.152. The number of Topliss-reactive ketones (excluding diaryl/α,β-unsaturated/α-hetero) is 1. The molecule has 0 fully saturated rings. The summed E-state index contributed by atoms with van der Waals surface area (Å²) in [6.07, 6.45) is 3.18. The fourth-order valence-corrected chi connectivity index (χ4v) is 3.68. The molecular weight excluding hydrogens is 370 g/mol. The Morgan fingerprint density at radius 2 is 2.03 bits per heavy atom. The monoisotopic (exact) mass is 389 g/mol. The first-order valence-corrected chi connectivity index (χ1v) is 9.33. The van der Waals surface area contributed by atoms with Crippen LogP contribution in [-0.2, 0) is 13.1 Å². The summed E-state index contributed by atoms with van der Waals surface area (Å²) in [6, 6.07) is 15.1. The van der Waals surface area contributed by atoms with Gasteiger partial charge in [0.05, 0.1) is 24.5 Å². The lowest BCUT2D eigenvalue weighted by Crippen LogP contribution is -2.31. The quantitative estimate of drug-likeness (QED) is 0.622. The molecule has 0 unspecified atom stereocenters. The second kappa shape index (κ2) is 7.14. The van der Waals surface area contributed by atoms with Crippen LogP contribution in [0.5, 0.6) is 17.2 Å². The number of nitrogens with zero attached hydrogens (tertiary/aromatic N) is 1. The lowest BCUT2D eigenvalue weighted by Gasteiger charge is -2.30. The van der Waals surface area contributed by atoms with Gasteiger partial charge in [-0.15, -0.1) is 0 Å². The summed E-state index contributed by atoms with van der Waals surface area (Å²) < 4.78 is 22.7. The molecule has 0 saturated heterocycles. The van der Waals surface area contributed by atoms with Crippen LogP contribution < -0.4 is 14.2 Å². The molecule has 5 rings (SSSR count). The standard InChI is InChI=1S/C23H19NO5/c1-26-19-7-3-2-5-15(19)12-24-13-18-20(28-14-24)9-8-17-22(25)21(29-23(17)18)11-16-6-4-10-27-16/h2-11H,12-14H2,1H3/b21-11-. The van der Waals surface area contributed by atoms with Gasteiger partial charge in [0.15, 0.2) is 5.76 Å². The van der Waals surface area contributed by atoms with Gasteiger partial charge in [-0.05, 0) is 30.3 Å². The van der Waals surface area contributed by atoms with Crippen LogP contribution in [0.4, 0.5) is 0 Å². The van der Waals surface area contributed by atoms with Crippen molar-refractivity contribution in [3.8, 4) is 17.2 Å². The highest BCUT2D eigenvalue weighted by molar-refractivity contribution is 6.14. The number of methoxy groups -OCH3 is 1. The molecule has 0 spiro atoms. The smallest absolute Gasteiger partial charge is 0.232 e. The van der Waals surface area contributed by atoms with Gasteiger partial charge in [0, 0.05) is 24.7 Å². The minimum Gasteiger partial charge on any atom is -0.496 e. The molecule has 3 aromatic rings. The van der Waals surface area contributed by atoms with Crippen molar-refractivity contribution in [3.63, 3.8) is 0 Å². The number of carbonyl (C=O) groups is 1. The van der Waals surface area contributed by atoms with Crippen LogP contribution in [0.1, 0.15) is 27.2 Å². The van der Waals surface area contributed by atoms with Gasteiger partial charge in [-0.3, -0.25) is 9.69 Å². The number of furan rings is 1. The van der Waals surface area contributed by atoms with Crippen molar-refractivity contribution in [2.24, 2.45) is 0 Å². The fourth-order valence-electron chi connectivity index (χ4n) is 3.68. The van der Waals surface area contributed by atoms with E-state index in [-0.39, 0.29) is 11.5 Å². The Balaban J connectivity index is 1.43. The molecule has 0 saturated carbocycles. The number of fused-ring (bicyclic) bond motifs is 3. The zero-order valence-electron chi connectivity index (χ0n) is 15.9. The highest BCUT2D eigenvalue weighted by Gasteiger charge is 2.33. The summed E-state index contributed by atoms with van der Waals surface area (Å²) in [4.78, 5) is 14.9. The number of allylic oxidation sites excluding steroid dienone is 1. The van der Waals surface area contributed by atoms with Crippen molar-refractivity contribution in [2.45, 2.75) is 13.1 Å². The topological polar surface area (TPSA) is 61.1 Å². The number of ether oxygens (including phenoxy) is 3. The predicted octanol–water partition coefficient (Wildman–Crippen LogP) is 4.26. The molecule has 0 atom stereocenters. The number of hydrogen-bond donors (Lipinski definition) is 0. The van der Waals surface area contributed by atoms with Crippen molar-refractivity contribution in [2.75, 3.05) is 13.8 Å². The van der Waals surface area contributed by atoms with Gasteiger partial charge in [0.1, 0.15) is 29.7 Å². The molecule has 3 heterocycles. The van der Waals surface area contributed by atoms with E-state index in [0.29, 0.717) is 36.9 Å². The zero-order valence-corrected chi connectivity index (χ0v) is 15.9. The maximum atomic E-state index is 12.8. The number of rotatable bonds is 4. The Morgan fingerprint density at radius 1 is 1.14 bits per heavy atom.